The molecule has 0 N–H and O–H groups in total. The summed E-state index contributed by atoms with van der Waals surface area (Å²) in [6, 6.07) is 8.04. The average molecular weight is 369 g/mol. The Balaban J connectivity index is 1.46. The maximum absolute atomic E-state index is 12.8. The zero-order valence-corrected chi connectivity index (χ0v) is 15.8. The molecule has 2 fully saturated rings. The van der Waals surface area contributed by atoms with E-state index in [1.54, 1.807) is 7.11 Å². The Hall–Kier alpha value is -2.34. The molecule has 2 aromatic rings. The van der Waals surface area contributed by atoms with Crippen molar-refractivity contribution in [1.82, 2.24) is 14.5 Å². The van der Waals surface area contributed by atoms with Gasteiger partial charge in [0.2, 0.25) is 5.91 Å². The highest BCUT2D eigenvalue weighted by Crippen LogP contribution is 2.32. The predicted octanol–water partition coefficient (Wildman–Crippen LogP) is 2.86. The standard InChI is InChI=1S/C21H27N3O3/c1-26-18-8-4-16(5-9-18)13-23-11-10-22-20(23)15-24(21(25)17-6-7-17)14-19-3-2-12-27-19/h4-5,8-11,17,19H,2-3,6-7,12-15H2,1H3. The maximum Gasteiger partial charge on any atom is 0.226 e. The second-order valence-corrected chi connectivity index (χ2v) is 7.45. The van der Waals surface area contributed by atoms with Crippen molar-refractivity contribution in [2.75, 3.05) is 20.3 Å². The molecule has 2 aliphatic rings. The van der Waals surface area contributed by atoms with Crippen LogP contribution >= 0.6 is 0 Å². The molecule has 0 bridgehead atoms. The van der Waals surface area contributed by atoms with Crippen molar-refractivity contribution >= 4 is 5.91 Å². The number of carbonyl (C=O) groups excluding carboxylic acids is 1. The fraction of sp³-hybridized carbons (Fsp3) is 0.524. The molecule has 1 aromatic carbocycles. The van der Waals surface area contributed by atoms with Gasteiger partial charge in [0.05, 0.1) is 19.8 Å². The SMILES string of the molecule is COc1ccc(Cn2ccnc2CN(CC2CCCO2)C(=O)C2CC2)cc1. The third-order valence-corrected chi connectivity index (χ3v) is 5.33. The van der Waals surface area contributed by atoms with Crippen LogP contribution in [0.2, 0.25) is 0 Å². The van der Waals surface area contributed by atoms with E-state index in [4.69, 9.17) is 9.47 Å². The van der Waals surface area contributed by atoms with Gasteiger partial charge in [0.1, 0.15) is 11.6 Å². The first kappa shape index (κ1) is 18.0. The Morgan fingerprint density at radius 1 is 1.30 bits per heavy atom. The summed E-state index contributed by atoms with van der Waals surface area (Å²) in [4.78, 5) is 19.3. The average Bonchev–Trinajstić information content (AvgIpc) is 3.25. The molecule has 1 aromatic heterocycles. The highest BCUT2D eigenvalue weighted by Gasteiger charge is 2.35. The van der Waals surface area contributed by atoms with Gasteiger partial charge in [-0.25, -0.2) is 4.98 Å². The Morgan fingerprint density at radius 2 is 2.11 bits per heavy atom. The van der Waals surface area contributed by atoms with Gasteiger partial charge in [-0.2, -0.15) is 0 Å². The Kier molecular flexibility index (Phi) is 5.43. The molecule has 1 unspecified atom stereocenters. The lowest BCUT2D eigenvalue weighted by Crippen LogP contribution is -2.38. The van der Waals surface area contributed by atoms with E-state index in [1.807, 2.05) is 29.4 Å². The molecule has 1 amide bonds. The molecule has 0 spiro atoms. The van der Waals surface area contributed by atoms with Crippen molar-refractivity contribution in [2.24, 2.45) is 5.92 Å². The summed E-state index contributed by atoms with van der Waals surface area (Å²) >= 11 is 0. The predicted molar refractivity (Wildman–Crippen MR) is 101 cm³/mol. The maximum atomic E-state index is 12.8. The van der Waals surface area contributed by atoms with Crippen LogP contribution in [-0.2, 0) is 22.6 Å². The first-order chi connectivity index (χ1) is 13.2. The van der Waals surface area contributed by atoms with Crippen LogP contribution in [0.25, 0.3) is 0 Å². The minimum Gasteiger partial charge on any atom is -0.497 e. The largest absolute Gasteiger partial charge is 0.497 e. The summed E-state index contributed by atoms with van der Waals surface area (Å²) in [7, 11) is 1.67. The third-order valence-electron chi connectivity index (χ3n) is 5.33. The van der Waals surface area contributed by atoms with E-state index in [1.165, 1.54) is 5.56 Å². The van der Waals surface area contributed by atoms with Crippen molar-refractivity contribution in [2.45, 2.75) is 44.9 Å². The summed E-state index contributed by atoms with van der Waals surface area (Å²) in [5.41, 5.74) is 1.18. The number of rotatable bonds is 8. The number of benzene rings is 1. The van der Waals surface area contributed by atoms with Gasteiger partial charge in [0, 0.05) is 38.0 Å². The first-order valence-electron chi connectivity index (χ1n) is 9.76. The molecule has 1 saturated carbocycles. The fourth-order valence-electron chi connectivity index (χ4n) is 3.59. The van der Waals surface area contributed by atoms with E-state index < -0.39 is 0 Å². The molecule has 144 valence electrons. The van der Waals surface area contributed by atoms with Gasteiger partial charge in [0.25, 0.3) is 0 Å². The number of hydrogen-bond acceptors (Lipinski definition) is 4. The molecular weight excluding hydrogens is 342 g/mol. The molecular formula is C21H27N3O3. The lowest BCUT2D eigenvalue weighted by Gasteiger charge is -2.25. The number of carbonyl (C=O) groups is 1. The van der Waals surface area contributed by atoms with Gasteiger partial charge in [-0.15, -0.1) is 0 Å². The van der Waals surface area contributed by atoms with Gasteiger partial charge < -0.3 is 18.9 Å². The molecule has 1 atom stereocenters. The topological polar surface area (TPSA) is 56.6 Å². The molecule has 0 radical (unpaired) electrons. The quantitative estimate of drug-likeness (QED) is 0.718. The molecule has 1 aliphatic heterocycles. The molecule has 6 nitrogen and oxygen atoms in total. The number of hydrogen-bond donors (Lipinski definition) is 0. The Morgan fingerprint density at radius 3 is 2.78 bits per heavy atom. The minimum absolute atomic E-state index is 0.165. The smallest absolute Gasteiger partial charge is 0.226 e. The highest BCUT2D eigenvalue weighted by molar-refractivity contribution is 5.81. The second-order valence-electron chi connectivity index (χ2n) is 7.45. The summed E-state index contributed by atoms with van der Waals surface area (Å²) in [5, 5.41) is 0. The monoisotopic (exact) mass is 369 g/mol. The number of nitrogens with zero attached hydrogens (tertiary/aromatic N) is 3. The van der Waals surface area contributed by atoms with Crippen molar-refractivity contribution in [3.63, 3.8) is 0 Å². The van der Waals surface area contributed by atoms with E-state index in [9.17, 15) is 4.79 Å². The lowest BCUT2D eigenvalue weighted by molar-refractivity contribution is -0.135. The summed E-state index contributed by atoms with van der Waals surface area (Å²) < 4.78 is 13.1. The van der Waals surface area contributed by atoms with Crippen molar-refractivity contribution in [3.05, 3.63) is 48.0 Å². The Bertz CT molecular complexity index is 761. The van der Waals surface area contributed by atoms with E-state index in [0.717, 1.165) is 50.4 Å². The van der Waals surface area contributed by atoms with Crippen LogP contribution in [0.4, 0.5) is 0 Å². The van der Waals surface area contributed by atoms with Crippen LogP contribution in [-0.4, -0.2) is 46.7 Å². The van der Waals surface area contributed by atoms with E-state index >= 15 is 0 Å². The zero-order chi connectivity index (χ0) is 18.6. The summed E-state index contributed by atoms with van der Waals surface area (Å²) in [6.07, 6.45) is 8.10. The van der Waals surface area contributed by atoms with Gasteiger partial charge >= 0.3 is 0 Å². The summed E-state index contributed by atoms with van der Waals surface area (Å²) in [5.74, 6) is 2.22. The minimum atomic E-state index is 0.165. The van der Waals surface area contributed by atoms with Gasteiger partial charge in [-0.3, -0.25) is 4.79 Å². The van der Waals surface area contributed by atoms with E-state index in [2.05, 4.69) is 21.7 Å². The Labute approximate surface area is 160 Å². The van der Waals surface area contributed by atoms with Crippen LogP contribution in [0.3, 0.4) is 0 Å². The molecule has 6 heteroatoms. The van der Waals surface area contributed by atoms with Crippen LogP contribution in [0.15, 0.2) is 36.7 Å². The van der Waals surface area contributed by atoms with Crippen molar-refractivity contribution < 1.29 is 14.3 Å². The normalized spacial score (nSPS) is 19.2. The second kappa shape index (κ2) is 8.13. The first-order valence-corrected chi connectivity index (χ1v) is 9.76. The molecule has 4 rings (SSSR count). The summed E-state index contributed by atoms with van der Waals surface area (Å²) in [6.45, 7) is 2.75. The van der Waals surface area contributed by atoms with Crippen molar-refractivity contribution in [3.8, 4) is 5.75 Å². The van der Waals surface area contributed by atoms with Crippen LogP contribution in [0.5, 0.6) is 5.75 Å². The zero-order valence-electron chi connectivity index (χ0n) is 15.8. The van der Waals surface area contributed by atoms with Crippen LogP contribution in [0.1, 0.15) is 37.1 Å². The lowest BCUT2D eigenvalue weighted by atomic mass is 10.2. The van der Waals surface area contributed by atoms with Gasteiger partial charge in [0.15, 0.2) is 0 Å². The third kappa shape index (κ3) is 4.50. The van der Waals surface area contributed by atoms with Crippen LogP contribution < -0.4 is 4.74 Å². The molecule has 27 heavy (non-hydrogen) atoms. The van der Waals surface area contributed by atoms with Gasteiger partial charge in [-0.1, -0.05) is 12.1 Å². The number of methoxy groups -OCH3 is 1. The van der Waals surface area contributed by atoms with Crippen molar-refractivity contribution in [1.29, 1.82) is 0 Å². The van der Waals surface area contributed by atoms with E-state index in [0.29, 0.717) is 13.1 Å². The van der Waals surface area contributed by atoms with Crippen LogP contribution in [0, 0.1) is 5.92 Å². The van der Waals surface area contributed by atoms with Gasteiger partial charge in [-0.05, 0) is 43.4 Å². The number of ether oxygens (including phenoxy) is 2. The molecule has 1 aliphatic carbocycles. The molecule has 1 saturated heterocycles. The fourth-order valence-corrected chi connectivity index (χ4v) is 3.59. The number of amides is 1. The highest BCUT2D eigenvalue weighted by atomic mass is 16.5. The number of imidazole rings is 1. The number of aromatic nitrogens is 2. The van der Waals surface area contributed by atoms with E-state index in [-0.39, 0.29) is 17.9 Å². The molecule has 2 heterocycles.